The minimum Gasteiger partial charge on any atom is -0.369 e. The molecule has 0 heterocycles. The highest BCUT2D eigenvalue weighted by Gasteiger charge is 2.15. The van der Waals surface area contributed by atoms with E-state index in [9.17, 15) is 4.79 Å². The number of nitrogens with two attached hydrogens (primary N) is 1. The first kappa shape index (κ1) is 10.8. The molecular formula is C12H17NO. The molecule has 1 aromatic rings. The maximum Gasteiger partial charge on any atom is 0.224 e. The van der Waals surface area contributed by atoms with E-state index in [1.54, 1.807) is 0 Å². The molecule has 1 amide bonds. The monoisotopic (exact) mass is 191 g/mol. The van der Waals surface area contributed by atoms with E-state index in [2.05, 4.69) is 6.92 Å². The predicted octanol–water partition coefficient (Wildman–Crippen LogP) is 2.36. The second-order valence-corrected chi connectivity index (χ2v) is 3.65. The van der Waals surface area contributed by atoms with Gasteiger partial charge >= 0.3 is 0 Å². The fourth-order valence-electron chi connectivity index (χ4n) is 1.56. The SMILES string of the molecule is CCCC(C(N)=O)c1ccc(C)cc1. The molecule has 1 atom stereocenters. The molecule has 0 aliphatic rings. The predicted molar refractivity (Wildman–Crippen MR) is 58.0 cm³/mol. The normalized spacial score (nSPS) is 12.4. The van der Waals surface area contributed by atoms with E-state index in [4.69, 9.17) is 5.73 Å². The maximum absolute atomic E-state index is 11.2. The van der Waals surface area contributed by atoms with Crippen LogP contribution in [0.1, 0.15) is 36.8 Å². The smallest absolute Gasteiger partial charge is 0.224 e. The van der Waals surface area contributed by atoms with Crippen LogP contribution in [0.3, 0.4) is 0 Å². The fourth-order valence-corrected chi connectivity index (χ4v) is 1.56. The van der Waals surface area contributed by atoms with Gasteiger partial charge in [-0.25, -0.2) is 0 Å². The van der Waals surface area contributed by atoms with Crippen LogP contribution in [0.4, 0.5) is 0 Å². The largest absolute Gasteiger partial charge is 0.369 e. The van der Waals surface area contributed by atoms with Gasteiger partial charge in [0.2, 0.25) is 5.91 Å². The van der Waals surface area contributed by atoms with Gasteiger partial charge in [-0.2, -0.15) is 0 Å². The van der Waals surface area contributed by atoms with Gasteiger partial charge in [0, 0.05) is 0 Å². The summed E-state index contributed by atoms with van der Waals surface area (Å²) in [4.78, 5) is 11.2. The molecular weight excluding hydrogens is 174 g/mol. The first-order valence-corrected chi connectivity index (χ1v) is 5.01. The van der Waals surface area contributed by atoms with Gasteiger partial charge in [-0.05, 0) is 18.9 Å². The van der Waals surface area contributed by atoms with Crippen LogP contribution < -0.4 is 5.73 Å². The number of primary amides is 1. The summed E-state index contributed by atoms with van der Waals surface area (Å²) in [6.45, 7) is 4.09. The number of hydrogen-bond acceptors (Lipinski definition) is 1. The third kappa shape index (κ3) is 2.59. The minimum absolute atomic E-state index is 0.124. The topological polar surface area (TPSA) is 43.1 Å². The highest BCUT2D eigenvalue weighted by atomic mass is 16.1. The molecule has 76 valence electrons. The summed E-state index contributed by atoms with van der Waals surface area (Å²) >= 11 is 0. The summed E-state index contributed by atoms with van der Waals surface area (Å²) in [5.41, 5.74) is 7.59. The Morgan fingerprint density at radius 2 is 1.93 bits per heavy atom. The van der Waals surface area contributed by atoms with Crippen molar-refractivity contribution in [2.45, 2.75) is 32.6 Å². The van der Waals surface area contributed by atoms with Crippen LogP contribution in [0.5, 0.6) is 0 Å². The van der Waals surface area contributed by atoms with E-state index in [1.165, 1.54) is 5.56 Å². The lowest BCUT2D eigenvalue weighted by molar-refractivity contribution is -0.119. The highest BCUT2D eigenvalue weighted by Crippen LogP contribution is 2.20. The Bertz CT molecular complexity index is 303. The summed E-state index contributed by atoms with van der Waals surface area (Å²) in [5.74, 6) is -0.351. The standard InChI is InChI=1S/C12H17NO/c1-3-4-11(12(13)14)10-7-5-9(2)6-8-10/h5-8,11H,3-4H2,1-2H3,(H2,13,14). The lowest BCUT2D eigenvalue weighted by Gasteiger charge is -2.12. The van der Waals surface area contributed by atoms with Gasteiger partial charge in [0.25, 0.3) is 0 Å². The molecule has 0 aliphatic carbocycles. The van der Waals surface area contributed by atoms with Gasteiger partial charge in [-0.3, -0.25) is 4.79 Å². The Morgan fingerprint density at radius 1 is 1.36 bits per heavy atom. The molecule has 1 rings (SSSR count). The number of hydrogen-bond donors (Lipinski definition) is 1. The molecule has 0 fully saturated rings. The van der Waals surface area contributed by atoms with E-state index in [0.717, 1.165) is 18.4 Å². The minimum atomic E-state index is -0.226. The van der Waals surface area contributed by atoms with E-state index in [-0.39, 0.29) is 11.8 Å². The first-order chi connectivity index (χ1) is 6.65. The molecule has 0 saturated heterocycles. The van der Waals surface area contributed by atoms with Crippen molar-refractivity contribution in [1.82, 2.24) is 0 Å². The van der Waals surface area contributed by atoms with Crippen LogP contribution in [0.2, 0.25) is 0 Å². The van der Waals surface area contributed by atoms with Gasteiger partial charge < -0.3 is 5.73 Å². The van der Waals surface area contributed by atoms with Crippen LogP contribution in [0.15, 0.2) is 24.3 Å². The molecule has 0 bridgehead atoms. The number of aryl methyl sites for hydroxylation is 1. The zero-order valence-electron chi connectivity index (χ0n) is 8.79. The molecule has 1 aromatic carbocycles. The maximum atomic E-state index is 11.2. The molecule has 2 N–H and O–H groups in total. The number of amides is 1. The van der Waals surface area contributed by atoms with E-state index in [1.807, 2.05) is 31.2 Å². The quantitative estimate of drug-likeness (QED) is 0.780. The second-order valence-electron chi connectivity index (χ2n) is 3.65. The van der Waals surface area contributed by atoms with E-state index < -0.39 is 0 Å². The fraction of sp³-hybridized carbons (Fsp3) is 0.417. The van der Waals surface area contributed by atoms with Crippen LogP contribution >= 0.6 is 0 Å². The number of benzene rings is 1. The Labute approximate surface area is 85.1 Å². The number of carbonyl (C=O) groups excluding carboxylic acids is 1. The zero-order chi connectivity index (χ0) is 10.6. The van der Waals surface area contributed by atoms with Crippen molar-refractivity contribution in [3.63, 3.8) is 0 Å². The molecule has 2 heteroatoms. The van der Waals surface area contributed by atoms with Gasteiger partial charge in [0.1, 0.15) is 0 Å². The molecule has 0 saturated carbocycles. The Kier molecular flexibility index (Phi) is 3.69. The van der Waals surface area contributed by atoms with Crippen LogP contribution in [-0.2, 0) is 4.79 Å². The summed E-state index contributed by atoms with van der Waals surface area (Å²) in [6.07, 6.45) is 1.81. The van der Waals surface area contributed by atoms with Gasteiger partial charge in [-0.1, -0.05) is 43.2 Å². The Morgan fingerprint density at radius 3 is 2.36 bits per heavy atom. The van der Waals surface area contributed by atoms with E-state index in [0.29, 0.717) is 0 Å². The van der Waals surface area contributed by atoms with Crippen LogP contribution in [0.25, 0.3) is 0 Å². The van der Waals surface area contributed by atoms with Crippen molar-refractivity contribution >= 4 is 5.91 Å². The van der Waals surface area contributed by atoms with Crippen LogP contribution in [-0.4, -0.2) is 5.91 Å². The number of rotatable bonds is 4. The first-order valence-electron chi connectivity index (χ1n) is 5.01. The average Bonchev–Trinajstić information content (AvgIpc) is 2.15. The van der Waals surface area contributed by atoms with Crippen molar-refractivity contribution in [1.29, 1.82) is 0 Å². The molecule has 2 nitrogen and oxygen atoms in total. The van der Waals surface area contributed by atoms with Gasteiger partial charge in [-0.15, -0.1) is 0 Å². The third-order valence-electron chi connectivity index (χ3n) is 2.40. The molecule has 0 aromatic heterocycles. The van der Waals surface area contributed by atoms with Gasteiger partial charge in [0.15, 0.2) is 0 Å². The lowest BCUT2D eigenvalue weighted by atomic mass is 9.93. The average molecular weight is 191 g/mol. The molecule has 0 aliphatic heterocycles. The van der Waals surface area contributed by atoms with Gasteiger partial charge in [0.05, 0.1) is 5.92 Å². The van der Waals surface area contributed by atoms with Crippen molar-refractivity contribution in [3.8, 4) is 0 Å². The molecule has 14 heavy (non-hydrogen) atoms. The summed E-state index contributed by atoms with van der Waals surface area (Å²) in [7, 11) is 0. The molecule has 1 unspecified atom stereocenters. The number of carbonyl (C=O) groups is 1. The van der Waals surface area contributed by atoms with Crippen molar-refractivity contribution in [2.75, 3.05) is 0 Å². The summed E-state index contributed by atoms with van der Waals surface area (Å²) < 4.78 is 0. The second kappa shape index (κ2) is 4.80. The van der Waals surface area contributed by atoms with Crippen molar-refractivity contribution < 1.29 is 4.79 Å². The molecule has 0 radical (unpaired) electrons. The Balaban J connectivity index is 2.87. The highest BCUT2D eigenvalue weighted by molar-refractivity contribution is 5.81. The molecule has 0 spiro atoms. The summed E-state index contributed by atoms with van der Waals surface area (Å²) in [5, 5.41) is 0. The third-order valence-corrected chi connectivity index (χ3v) is 2.40. The Hall–Kier alpha value is -1.31. The zero-order valence-corrected chi connectivity index (χ0v) is 8.79. The lowest BCUT2D eigenvalue weighted by Crippen LogP contribution is -2.21. The summed E-state index contributed by atoms with van der Waals surface area (Å²) in [6, 6.07) is 8.00. The van der Waals surface area contributed by atoms with E-state index >= 15 is 0 Å². The van der Waals surface area contributed by atoms with Crippen molar-refractivity contribution in [3.05, 3.63) is 35.4 Å². The van der Waals surface area contributed by atoms with Crippen molar-refractivity contribution in [2.24, 2.45) is 5.73 Å². The van der Waals surface area contributed by atoms with Crippen LogP contribution in [0, 0.1) is 6.92 Å².